The molecule has 1 unspecified atom stereocenters. The number of methoxy groups -OCH3 is 2. The Morgan fingerprint density at radius 1 is 1.12 bits per heavy atom. The molecule has 4 rings (SSSR count). The Morgan fingerprint density at radius 3 is 2.61 bits per heavy atom. The van der Waals surface area contributed by atoms with Gasteiger partial charge in [-0.1, -0.05) is 17.7 Å². The van der Waals surface area contributed by atoms with Crippen LogP contribution in [0.15, 0.2) is 39.5 Å². The lowest BCUT2D eigenvalue weighted by molar-refractivity contribution is 0.0707. The highest BCUT2D eigenvalue weighted by Crippen LogP contribution is 2.41. The average molecular weight is 472 g/mol. The van der Waals surface area contributed by atoms with Gasteiger partial charge in [-0.05, 0) is 55.7 Å². The number of carbonyl (C=O) groups excluding carboxylic acids is 1. The number of nitrogens with zero attached hydrogens (tertiary/aromatic N) is 1. The van der Waals surface area contributed by atoms with Gasteiger partial charge in [0.2, 0.25) is 5.76 Å². The van der Waals surface area contributed by atoms with E-state index in [4.69, 9.17) is 30.2 Å². The summed E-state index contributed by atoms with van der Waals surface area (Å²) in [4.78, 5) is 28.7. The Kier molecular flexibility index (Phi) is 6.63. The number of fused-ring (bicyclic) bond motifs is 2. The molecule has 174 valence electrons. The minimum absolute atomic E-state index is 0.0597. The van der Waals surface area contributed by atoms with E-state index >= 15 is 0 Å². The van der Waals surface area contributed by atoms with Crippen molar-refractivity contribution in [2.75, 3.05) is 34.0 Å². The number of hydrogen-bond donors (Lipinski definition) is 0. The van der Waals surface area contributed by atoms with Crippen molar-refractivity contribution in [3.8, 4) is 11.5 Å². The number of rotatable bonds is 8. The largest absolute Gasteiger partial charge is 0.493 e. The van der Waals surface area contributed by atoms with Gasteiger partial charge in [-0.25, -0.2) is 0 Å². The first kappa shape index (κ1) is 23.1. The van der Waals surface area contributed by atoms with Crippen molar-refractivity contribution < 1.29 is 23.4 Å². The lowest BCUT2D eigenvalue weighted by atomic mass is 9.97. The molecule has 1 aromatic heterocycles. The normalized spacial score (nSPS) is 15.2. The van der Waals surface area contributed by atoms with Crippen LogP contribution in [0.25, 0.3) is 11.0 Å². The highest BCUT2D eigenvalue weighted by molar-refractivity contribution is 6.32. The fraction of sp³-hybridized carbons (Fsp3) is 0.360. The number of carbonyl (C=O) groups is 1. The van der Waals surface area contributed by atoms with Gasteiger partial charge in [0.25, 0.3) is 5.91 Å². The van der Waals surface area contributed by atoms with Gasteiger partial charge < -0.3 is 23.5 Å². The van der Waals surface area contributed by atoms with E-state index in [1.807, 2.05) is 19.9 Å². The zero-order valence-electron chi connectivity index (χ0n) is 19.1. The fourth-order valence-corrected chi connectivity index (χ4v) is 4.39. The van der Waals surface area contributed by atoms with E-state index in [-0.39, 0.29) is 17.1 Å². The van der Waals surface area contributed by atoms with Crippen LogP contribution in [-0.2, 0) is 4.74 Å². The molecule has 1 atom stereocenters. The molecule has 1 aliphatic rings. The first-order chi connectivity index (χ1) is 15.9. The first-order valence-corrected chi connectivity index (χ1v) is 11.2. The second-order valence-corrected chi connectivity index (χ2v) is 8.27. The third-order valence-corrected chi connectivity index (χ3v) is 6.20. The van der Waals surface area contributed by atoms with Crippen LogP contribution in [-0.4, -0.2) is 44.8 Å². The highest BCUT2D eigenvalue weighted by Gasteiger charge is 2.42. The van der Waals surface area contributed by atoms with Crippen LogP contribution in [0.2, 0.25) is 5.02 Å². The number of halogens is 1. The zero-order chi connectivity index (χ0) is 23.7. The summed E-state index contributed by atoms with van der Waals surface area (Å²) in [6.45, 7) is 5.08. The maximum absolute atomic E-state index is 13.6. The van der Waals surface area contributed by atoms with Gasteiger partial charge in [0, 0.05) is 25.3 Å². The molecule has 0 saturated carbocycles. The molecule has 7 nitrogen and oxygen atoms in total. The average Bonchev–Trinajstić information content (AvgIpc) is 3.08. The lowest BCUT2D eigenvalue weighted by Crippen LogP contribution is -2.31. The van der Waals surface area contributed by atoms with Crippen LogP contribution < -0.4 is 14.9 Å². The monoisotopic (exact) mass is 471 g/mol. The van der Waals surface area contributed by atoms with Gasteiger partial charge in [-0.2, -0.15) is 0 Å². The molecule has 2 aromatic carbocycles. The number of aryl methyl sites for hydroxylation is 1. The maximum Gasteiger partial charge on any atom is 0.290 e. The minimum Gasteiger partial charge on any atom is -0.493 e. The Bertz CT molecular complexity index is 1270. The van der Waals surface area contributed by atoms with E-state index in [9.17, 15) is 9.59 Å². The third kappa shape index (κ3) is 4.07. The molecule has 0 N–H and O–H groups in total. The standard InChI is InChI=1S/C25H26ClNO6/c1-5-32-18-8-7-15(12-20(18)31-4)22-21-23(28)16-13-17(26)14(2)11-19(16)33-24(21)25(29)27(22)9-6-10-30-3/h7-8,11-13,22H,5-6,9-10H2,1-4H3. The van der Waals surface area contributed by atoms with Crippen LogP contribution in [0.5, 0.6) is 11.5 Å². The summed E-state index contributed by atoms with van der Waals surface area (Å²) in [5.41, 5.74) is 1.87. The second kappa shape index (κ2) is 9.45. The lowest BCUT2D eigenvalue weighted by Gasteiger charge is -2.25. The molecule has 0 aliphatic carbocycles. The highest BCUT2D eigenvalue weighted by atomic mass is 35.5. The van der Waals surface area contributed by atoms with Crippen molar-refractivity contribution in [1.82, 2.24) is 4.90 Å². The van der Waals surface area contributed by atoms with Gasteiger partial charge in [-0.3, -0.25) is 9.59 Å². The van der Waals surface area contributed by atoms with E-state index in [1.165, 1.54) is 0 Å². The van der Waals surface area contributed by atoms with E-state index in [1.54, 1.807) is 43.4 Å². The number of amides is 1. The molecule has 1 aliphatic heterocycles. The first-order valence-electron chi connectivity index (χ1n) is 10.8. The number of hydrogen-bond acceptors (Lipinski definition) is 6. The SMILES string of the molecule is CCOc1ccc(C2c3c(oc4cc(C)c(Cl)cc4c3=O)C(=O)N2CCCOC)cc1OC. The van der Waals surface area contributed by atoms with E-state index in [0.29, 0.717) is 59.2 Å². The zero-order valence-corrected chi connectivity index (χ0v) is 19.8. The van der Waals surface area contributed by atoms with Crippen molar-refractivity contribution in [3.63, 3.8) is 0 Å². The Labute approximate surface area is 196 Å². The number of benzene rings is 2. The molecule has 8 heteroatoms. The molecule has 33 heavy (non-hydrogen) atoms. The summed E-state index contributed by atoms with van der Waals surface area (Å²) in [5.74, 6) is 0.845. The molecule has 0 fully saturated rings. The Hall–Kier alpha value is -3.03. The van der Waals surface area contributed by atoms with Crippen molar-refractivity contribution in [2.24, 2.45) is 0 Å². The van der Waals surface area contributed by atoms with Crippen molar-refractivity contribution >= 4 is 28.5 Å². The molecule has 0 bridgehead atoms. The van der Waals surface area contributed by atoms with Gasteiger partial charge in [-0.15, -0.1) is 0 Å². The predicted molar refractivity (Wildman–Crippen MR) is 126 cm³/mol. The smallest absolute Gasteiger partial charge is 0.290 e. The van der Waals surface area contributed by atoms with Gasteiger partial charge in [0.05, 0.1) is 30.7 Å². The van der Waals surface area contributed by atoms with Crippen LogP contribution in [0.3, 0.4) is 0 Å². The molecule has 1 amide bonds. The van der Waals surface area contributed by atoms with Crippen LogP contribution in [0.1, 0.15) is 46.6 Å². The molecule has 0 radical (unpaired) electrons. The minimum atomic E-state index is -0.630. The van der Waals surface area contributed by atoms with Crippen molar-refractivity contribution in [2.45, 2.75) is 26.3 Å². The summed E-state index contributed by atoms with van der Waals surface area (Å²) in [6, 6.07) is 8.09. The third-order valence-electron chi connectivity index (χ3n) is 5.80. The summed E-state index contributed by atoms with van der Waals surface area (Å²) in [5, 5.41) is 0.814. The Morgan fingerprint density at radius 2 is 1.91 bits per heavy atom. The van der Waals surface area contributed by atoms with E-state index in [0.717, 1.165) is 11.1 Å². The molecule has 0 spiro atoms. The van der Waals surface area contributed by atoms with Gasteiger partial charge in [0.1, 0.15) is 5.58 Å². The molecule has 3 aromatic rings. The quantitative estimate of drug-likeness (QED) is 0.441. The van der Waals surface area contributed by atoms with Gasteiger partial charge in [0.15, 0.2) is 16.9 Å². The van der Waals surface area contributed by atoms with Crippen LogP contribution >= 0.6 is 11.6 Å². The number of ether oxygens (including phenoxy) is 3. The Balaban J connectivity index is 1.92. The van der Waals surface area contributed by atoms with E-state index < -0.39 is 6.04 Å². The molecule has 0 saturated heterocycles. The predicted octanol–water partition coefficient (Wildman–Crippen LogP) is 4.74. The summed E-state index contributed by atoms with van der Waals surface area (Å²) in [6.07, 6.45) is 0.611. The molecular formula is C25H26ClNO6. The topological polar surface area (TPSA) is 78.2 Å². The van der Waals surface area contributed by atoms with Crippen molar-refractivity contribution in [3.05, 3.63) is 68.0 Å². The van der Waals surface area contributed by atoms with Crippen LogP contribution in [0.4, 0.5) is 0 Å². The maximum atomic E-state index is 13.6. The van der Waals surface area contributed by atoms with Gasteiger partial charge >= 0.3 is 0 Å². The summed E-state index contributed by atoms with van der Waals surface area (Å²) in [7, 11) is 3.16. The molecule has 2 heterocycles. The summed E-state index contributed by atoms with van der Waals surface area (Å²) >= 11 is 6.29. The fourth-order valence-electron chi connectivity index (χ4n) is 4.23. The van der Waals surface area contributed by atoms with Crippen LogP contribution in [0, 0.1) is 6.92 Å². The molecular weight excluding hydrogens is 446 g/mol. The van der Waals surface area contributed by atoms with E-state index in [2.05, 4.69) is 0 Å². The summed E-state index contributed by atoms with van der Waals surface area (Å²) < 4.78 is 22.3. The van der Waals surface area contributed by atoms with Crippen molar-refractivity contribution in [1.29, 1.82) is 0 Å². The second-order valence-electron chi connectivity index (χ2n) is 7.86.